The van der Waals surface area contributed by atoms with Crippen molar-refractivity contribution in [1.29, 1.82) is 0 Å². The van der Waals surface area contributed by atoms with Crippen molar-refractivity contribution in [3.8, 4) is 11.5 Å². The second kappa shape index (κ2) is 22.0. The zero-order valence-corrected chi connectivity index (χ0v) is 36.4. The number of aromatic hydroxyl groups is 2. The van der Waals surface area contributed by atoms with Crippen LogP contribution in [0.25, 0.3) is 6.08 Å². The molecule has 310 valence electrons. The Labute approximate surface area is 349 Å². The van der Waals surface area contributed by atoms with Gasteiger partial charge in [-0.25, -0.2) is 29.5 Å². The van der Waals surface area contributed by atoms with E-state index in [4.69, 9.17) is 23.9 Å². The van der Waals surface area contributed by atoms with Gasteiger partial charge in [-0.15, -0.1) is 0 Å². The Hall–Kier alpha value is -5.32. The minimum atomic E-state index is -0.400. The molecule has 5 rings (SSSR count). The van der Waals surface area contributed by atoms with Crippen LogP contribution >= 0.6 is 15.9 Å². The Morgan fingerprint density at radius 3 is 1.55 bits per heavy atom. The summed E-state index contributed by atoms with van der Waals surface area (Å²) in [5.74, 6) is 2.52. The van der Waals surface area contributed by atoms with Crippen molar-refractivity contribution in [2.75, 3.05) is 36.9 Å². The highest BCUT2D eigenvalue weighted by atomic mass is 79.9. The first-order valence-electron chi connectivity index (χ1n) is 18.8. The molecule has 14 nitrogen and oxygen atoms in total. The molecule has 1 aliphatic rings. The Morgan fingerprint density at radius 1 is 0.724 bits per heavy atom. The van der Waals surface area contributed by atoms with Gasteiger partial charge in [-0.05, 0) is 105 Å². The molecule has 0 saturated carbocycles. The molecule has 0 unspecified atom stereocenters. The molecule has 1 fully saturated rings. The fourth-order valence-corrected chi connectivity index (χ4v) is 5.72. The van der Waals surface area contributed by atoms with Crippen molar-refractivity contribution in [3.63, 3.8) is 0 Å². The van der Waals surface area contributed by atoms with Gasteiger partial charge in [0, 0.05) is 17.6 Å². The van der Waals surface area contributed by atoms with Crippen molar-refractivity contribution in [2.45, 2.75) is 80.4 Å². The van der Waals surface area contributed by atoms with Crippen LogP contribution in [-0.2, 0) is 18.8 Å². The molecular formula is C42H54BBrN6O8. The number of anilines is 2. The molecule has 3 heterocycles. The minimum absolute atomic E-state index is 0.231. The Balaban J connectivity index is 0.000000261. The smallest absolute Gasteiger partial charge is 0.486 e. The molecule has 2 aromatic carbocycles. The molecular weight excluding hydrogens is 807 g/mol. The van der Waals surface area contributed by atoms with Crippen LogP contribution in [0.5, 0.6) is 11.5 Å². The maximum absolute atomic E-state index is 11.9. The summed E-state index contributed by atoms with van der Waals surface area (Å²) < 4.78 is 22.8. The van der Waals surface area contributed by atoms with Crippen LogP contribution in [-0.4, -0.2) is 86.7 Å². The van der Waals surface area contributed by atoms with E-state index in [1.165, 1.54) is 0 Å². The number of aryl methyl sites for hydroxylation is 4. The molecule has 0 radical (unpaired) electrons. The second-order valence-electron chi connectivity index (χ2n) is 13.9. The maximum Gasteiger partial charge on any atom is 0.486 e. The van der Waals surface area contributed by atoms with Gasteiger partial charge in [0.25, 0.3) is 0 Å². The standard InChI is InChI=1S/C18H28BN3O4.C18H21N3O3.C6H5BrO/c1-8-24-15(23)14-12(2)21-16(22-13(14)3)20-11-9-10-19-25-17(4,5)18(6,7)26-19;1-4-24-17(23)16-12(2)20-18(21-13(16)3)19-10-6-8-14-7-5-9-15(22)11-14;7-5-2-1-3-6(8)4-5/h9-10H,8,11H2,1-7H3,(H,20,21,22);5-9,11,22H,4,10H2,1-3H3,(H,19,20,21);1-4,8H/b10-9+;8-6+;. The third-order valence-electron chi connectivity index (χ3n) is 8.81. The minimum Gasteiger partial charge on any atom is -0.508 e. The van der Waals surface area contributed by atoms with Gasteiger partial charge in [0.1, 0.15) is 22.6 Å². The number of benzene rings is 2. The molecule has 4 N–H and O–H groups in total. The average Bonchev–Trinajstić information content (AvgIpc) is 3.33. The first-order valence-corrected chi connectivity index (χ1v) is 19.6. The zero-order chi connectivity index (χ0) is 43.0. The van der Waals surface area contributed by atoms with E-state index < -0.39 is 11.9 Å². The average molecular weight is 862 g/mol. The maximum atomic E-state index is 11.9. The zero-order valence-electron chi connectivity index (χ0n) is 34.8. The number of aromatic nitrogens is 4. The number of esters is 2. The van der Waals surface area contributed by atoms with E-state index in [1.54, 1.807) is 77.9 Å². The van der Waals surface area contributed by atoms with E-state index in [2.05, 4.69) is 46.5 Å². The van der Waals surface area contributed by atoms with Gasteiger partial charge in [-0.3, -0.25) is 0 Å². The second-order valence-corrected chi connectivity index (χ2v) is 14.8. The lowest BCUT2D eigenvalue weighted by Gasteiger charge is -2.32. The SMILES string of the molecule is CCOC(=O)c1c(C)nc(NC/C=C/B2OC(C)(C)C(C)(C)O2)nc1C.CCOC(=O)c1c(C)nc(NC/C=C/c2cccc(O)c2)nc1C.Oc1cccc(Br)c1. The summed E-state index contributed by atoms with van der Waals surface area (Å²) in [6.45, 7) is 20.3. The normalized spacial score (nSPS) is 13.9. The number of ether oxygens (including phenoxy) is 2. The van der Waals surface area contributed by atoms with E-state index in [9.17, 15) is 14.7 Å². The van der Waals surface area contributed by atoms with E-state index in [1.807, 2.05) is 64.0 Å². The number of carbonyl (C=O) groups excluding carboxylic acids is 2. The molecule has 1 aliphatic heterocycles. The van der Waals surface area contributed by atoms with Crippen LogP contribution in [0.2, 0.25) is 0 Å². The number of phenols is 2. The van der Waals surface area contributed by atoms with Gasteiger partial charge in [0.2, 0.25) is 11.9 Å². The molecule has 2 aromatic heterocycles. The van der Waals surface area contributed by atoms with Crippen LogP contribution in [0.15, 0.2) is 71.1 Å². The Morgan fingerprint density at radius 2 is 1.16 bits per heavy atom. The highest BCUT2D eigenvalue weighted by Gasteiger charge is 2.50. The largest absolute Gasteiger partial charge is 0.508 e. The van der Waals surface area contributed by atoms with Crippen molar-refractivity contribution in [2.24, 2.45) is 0 Å². The third kappa shape index (κ3) is 14.3. The molecule has 0 bridgehead atoms. The molecule has 0 atom stereocenters. The predicted octanol–water partition coefficient (Wildman–Crippen LogP) is 8.13. The third-order valence-corrected chi connectivity index (χ3v) is 9.30. The number of carbonyl (C=O) groups is 2. The van der Waals surface area contributed by atoms with Gasteiger partial charge >= 0.3 is 19.1 Å². The summed E-state index contributed by atoms with van der Waals surface area (Å²) in [5.41, 5.74) is 3.39. The number of nitrogens with zero attached hydrogens (tertiary/aromatic N) is 4. The molecule has 0 aliphatic carbocycles. The molecule has 0 amide bonds. The fraction of sp³-hybridized carbons (Fsp3) is 0.381. The van der Waals surface area contributed by atoms with Gasteiger partial charge in [0.15, 0.2) is 0 Å². The molecule has 58 heavy (non-hydrogen) atoms. The van der Waals surface area contributed by atoms with Crippen molar-refractivity contribution >= 4 is 53.0 Å². The quantitative estimate of drug-likeness (QED) is 0.0790. The van der Waals surface area contributed by atoms with E-state index >= 15 is 0 Å². The summed E-state index contributed by atoms with van der Waals surface area (Å²) in [6, 6.07) is 13.9. The first kappa shape index (κ1) is 47.1. The molecule has 1 saturated heterocycles. The van der Waals surface area contributed by atoms with Crippen LogP contribution in [0.4, 0.5) is 11.9 Å². The number of phenolic OH excluding ortho intramolecular Hbond substituents is 2. The summed E-state index contributed by atoms with van der Waals surface area (Å²) in [6.07, 6.45) is 5.71. The predicted molar refractivity (Wildman–Crippen MR) is 230 cm³/mol. The van der Waals surface area contributed by atoms with Gasteiger partial charge in [-0.2, -0.15) is 0 Å². The lowest BCUT2D eigenvalue weighted by atomic mass is 9.90. The first-order chi connectivity index (χ1) is 27.4. The summed E-state index contributed by atoms with van der Waals surface area (Å²) in [4.78, 5) is 41.1. The highest BCUT2D eigenvalue weighted by molar-refractivity contribution is 9.10. The number of hydrogen-bond acceptors (Lipinski definition) is 14. The number of halogens is 1. The Kier molecular flexibility index (Phi) is 17.9. The number of rotatable bonds is 12. The van der Waals surface area contributed by atoms with Crippen LogP contribution in [0.3, 0.4) is 0 Å². The van der Waals surface area contributed by atoms with Gasteiger partial charge in [0.05, 0.1) is 47.2 Å². The van der Waals surface area contributed by atoms with E-state index in [-0.39, 0.29) is 24.1 Å². The summed E-state index contributed by atoms with van der Waals surface area (Å²) >= 11 is 3.20. The van der Waals surface area contributed by atoms with Crippen LogP contribution in [0, 0.1) is 27.7 Å². The topological polar surface area (TPSA) is 187 Å². The van der Waals surface area contributed by atoms with Crippen molar-refractivity contribution < 1.29 is 38.6 Å². The molecule has 4 aromatic rings. The monoisotopic (exact) mass is 860 g/mol. The van der Waals surface area contributed by atoms with Gasteiger partial charge < -0.3 is 39.6 Å². The van der Waals surface area contributed by atoms with Crippen LogP contribution < -0.4 is 10.6 Å². The number of nitrogens with one attached hydrogen (secondary N) is 2. The van der Waals surface area contributed by atoms with Gasteiger partial charge in [-0.1, -0.05) is 58.3 Å². The highest BCUT2D eigenvalue weighted by Crippen LogP contribution is 2.36. The lowest BCUT2D eigenvalue weighted by Crippen LogP contribution is -2.41. The molecule has 0 spiro atoms. The summed E-state index contributed by atoms with van der Waals surface area (Å²) in [7, 11) is -0.377. The lowest BCUT2D eigenvalue weighted by molar-refractivity contribution is 0.00578. The van der Waals surface area contributed by atoms with E-state index in [0.29, 0.717) is 77.9 Å². The van der Waals surface area contributed by atoms with E-state index in [0.717, 1.165) is 10.0 Å². The van der Waals surface area contributed by atoms with Crippen LogP contribution in [0.1, 0.15) is 90.6 Å². The Bertz CT molecular complexity index is 2000. The summed E-state index contributed by atoms with van der Waals surface area (Å²) in [5, 5.41) is 24.4. The fourth-order valence-electron chi connectivity index (χ4n) is 5.33. The van der Waals surface area contributed by atoms with Crippen molar-refractivity contribution in [3.05, 3.63) is 111 Å². The molecule has 16 heteroatoms. The van der Waals surface area contributed by atoms with Crippen molar-refractivity contribution in [1.82, 2.24) is 19.9 Å². The number of hydrogen-bond donors (Lipinski definition) is 4.